The van der Waals surface area contributed by atoms with Crippen LogP contribution in [0, 0.1) is 0 Å². The molecule has 2 heterocycles. The highest BCUT2D eigenvalue weighted by Crippen LogP contribution is 2.35. The Balaban J connectivity index is 1.89. The Bertz CT molecular complexity index is 621. The molecule has 0 saturated heterocycles. The molecule has 0 amide bonds. The standard InChI is InChI=1S/C13H14ClN5O/c14-9-7-16-13(19-15)18-12(9)17-10-5-6-20-11-4-2-1-3-8(10)11/h1-4,7,10H,5-6,15H2,(H2,16,17,18,19). The number of aromatic nitrogens is 2. The van der Waals surface area contributed by atoms with Crippen molar-refractivity contribution in [1.82, 2.24) is 9.97 Å². The van der Waals surface area contributed by atoms with Gasteiger partial charge in [-0.15, -0.1) is 0 Å². The van der Waals surface area contributed by atoms with Gasteiger partial charge in [0, 0.05) is 12.0 Å². The zero-order chi connectivity index (χ0) is 13.9. The van der Waals surface area contributed by atoms with E-state index in [-0.39, 0.29) is 6.04 Å². The second kappa shape index (κ2) is 5.52. The van der Waals surface area contributed by atoms with Gasteiger partial charge in [-0.2, -0.15) is 4.98 Å². The van der Waals surface area contributed by atoms with Gasteiger partial charge in [0.05, 0.1) is 18.8 Å². The van der Waals surface area contributed by atoms with Gasteiger partial charge in [0.25, 0.3) is 0 Å². The smallest absolute Gasteiger partial charge is 0.239 e. The normalized spacial score (nSPS) is 17.0. The second-order valence-corrected chi connectivity index (χ2v) is 4.81. The maximum atomic E-state index is 6.11. The lowest BCUT2D eigenvalue weighted by Crippen LogP contribution is -2.21. The Hall–Kier alpha value is -2.05. The van der Waals surface area contributed by atoms with Gasteiger partial charge in [0.2, 0.25) is 5.95 Å². The Morgan fingerprint density at radius 1 is 1.35 bits per heavy atom. The minimum absolute atomic E-state index is 0.0953. The van der Waals surface area contributed by atoms with Gasteiger partial charge in [-0.1, -0.05) is 29.8 Å². The van der Waals surface area contributed by atoms with E-state index in [1.807, 2.05) is 24.3 Å². The lowest BCUT2D eigenvalue weighted by atomic mass is 10.0. The van der Waals surface area contributed by atoms with Crippen molar-refractivity contribution in [2.75, 3.05) is 17.3 Å². The van der Waals surface area contributed by atoms with Crippen molar-refractivity contribution < 1.29 is 4.74 Å². The fourth-order valence-corrected chi connectivity index (χ4v) is 2.34. The first-order valence-corrected chi connectivity index (χ1v) is 6.63. The predicted molar refractivity (Wildman–Crippen MR) is 77.8 cm³/mol. The summed E-state index contributed by atoms with van der Waals surface area (Å²) in [6.45, 7) is 0.652. The number of fused-ring (bicyclic) bond motifs is 1. The van der Waals surface area contributed by atoms with Crippen LogP contribution in [0.5, 0.6) is 5.75 Å². The lowest BCUT2D eigenvalue weighted by molar-refractivity contribution is 0.274. The molecule has 1 aliphatic rings. The summed E-state index contributed by atoms with van der Waals surface area (Å²) in [6.07, 6.45) is 2.35. The van der Waals surface area contributed by atoms with Gasteiger partial charge in [0.15, 0.2) is 5.82 Å². The number of hydrogen-bond acceptors (Lipinski definition) is 6. The molecule has 104 valence electrons. The zero-order valence-corrected chi connectivity index (χ0v) is 11.4. The van der Waals surface area contributed by atoms with Crippen molar-refractivity contribution >= 4 is 23.4 Å². The van der Waals surface area contributed by atoms with Gasteiger partial charge in [-0.25, -0.2) is 10.8 Å². The quantitative estimate of drug-likeness (QED) is 0.594. The molecule has 1 aromatic carbocycles. The number of rotatable bonds is 3. The molecule has 3 rings (SSSR count). The Morgan fingerprint density at radius 3 is 3.05 bits per heavy atom. The molecule has 4 N–H and O–H groups in total. The third kappa shape index (κ3) is 2.48. The van der Waals surface area contributed by atoms with E-state index in [4.69, 9.17) is 22.2 Å². The zero-order valence-electron chi connectivity index (χ0n) is 10.6. The van der Waals surface area contributed by atoms with Crippen LogP contribution in [-0.4, -0.2) is 16.6 Å². The number of hydrazine groups is 1. The fraction of sp³-hybridized carbons (Fsp3) is 0.231. The predicted octanol–water partition coefficient (Wildman–Crippen LogP) is 2.35. The number of anilines is 2. The molecule has 2 aromatic rings. The number of para-hydroxylation sites is 1. The van der Waals surface area contributed by atoms with Crippen LogP contribution in [0.25, 0.3) is 0 Å². The number of hydrogen-bond donors (Lipinski definition) is 3. The minimum Gasteiger partial charge on any atom is -0.493 e. The molecule has 0 spiro atoms. The van der Waals surface area contributed by atoms with Gasteiger partial charge >= 0.3 is 0 Å². The number of ether oxygens (including phenoxy) is 1. The summed E-state index contributed by atoms with van der Waals surface area (Å²) >= 11 is 6.11. The second-order valence-electron chi connectivity index (χ2n) is 4.41. The fourth-order valence-electron chi connectivity index (χ4n) is 2.19. The van der Waals surface area contributed by atoms with Crippen LogP contribution in [0.2, 0.25) is 5.02 Å². The highest BCUT2D eigenvalue weighted by Gasteiger charge is 2.22. The number of nitrogens with two attached hydrogens (primary N) is 1. The molecule has 0 bridgehead atoms. The van der Waals surface area contributed by atoms with E-state index in [0.717, 1.165) is 17.7 Å². The first kappa shape index (κ1) is 13.0. The van der Waals surface area contributed by atoms with Gasteiger partial charge in [-0.05, 0) is 6.07 Å². The van der Waals surface area contributed by atoms with Crippen molar-refractivity contribution in [2.45, 2.75) is 12.5 Å². The molecular weight excluding hydrogens is 278 g/mol. The SMILES string of the molecule is NNc1ncc(Cl)c(NC2CCOc3ccccc32)n1. The summed E-state index contributed by atoms with van der Waals surface area (Å²) < 4.78 is 5.63. The summed E-state index contributed by atoms with van der Waals surface area (Å²) in [6, 6.07) is 8.02. The van der Waals surface area contributed by atoms with Crippen molar-refractivity contribution in [1.29, 1.82) is 0 Å². The molecular formula is C13H14ClN5O. The van der Waals surface area contributed by atoms with Crippen molar-refractivity contribution in [3.63, 3.8) is 0 Å². The number of benzene rings is 1. The van der Waals surface area contributed by atoms with E-state index in [1.165, 1.54) is 6.20 Å². The average molecular weight is 292 g/mol. The molecule has 1 atom stereocenters. The van der Waals surface area contributed by atoms with E-state index >= 15 is 0 Å². The molecule has 0 fully saturated rings. The molecule has 0 saturated carbocycles. The van der Waals surface area contributed by atoms with E-state index in [9.17, 15) is 0 Å². The molecule has 20 heavy (non-hydrogen) atoms. The maximum absolute atomic E-state index is 6.11. The highest BCUT2D eigenvalue weighted by molar-refractivity contribution is 6.32. The van der Waals surface area contributed by atoms with Crippen molar-refractivity contribution in [3.05, 3.63) is 41.0 Å². The van der Waals surface area contributed by atoms with Crippen LogP contribution in [-0.2, 0) is 0 Å². The Labute approximate surface area is 121 Å². The van der Waals surface area contributed by atoms with Crippen molar-refractivity contribution in [2.24, 2.45) is 5.84 Å². The van der Waals surface area contributed by atoms with Gasteiger partial charge in [0.1, 0.15) is 10.8 Å². The van der Waals surface area contributed by atoms with Crippen LogP contribution < -0.4 is 21.3 Å². The van der Waals surface area contributed by atoms with Gasteiger partial charge in [-0.3, -0.25) is 5.43 Å². The molecule has 1 unspecified atom stereocenters. The van der Waals surface area contributed by atoms with E-state index in [0.29, 0.717) is 23.4 Å². The van der Waals surface area contributed by atoms with Crippen LogP contribution in [0.15, 0.2) is 30.5 Å². The highest BCUT2D eigenvalue weighted by atomic mass is 35.5. The molecule has 0 radical (unpaired) electrons. The maximum Gasteiger partial charge on any atom is 0.239 e. The number of nitrogen functional groups attached to an aromatic ring is 1. The molecule has 6 nitrogen and oxygen atoms in total. The van der Waals surface area contributed by atoms with Crippen LogP contribution in [0.3, 0.4) is 0 Å². The number of nitrogens with one attached hydrogen (secondary N) is 2. The Morgan fingerprint density at radius 2 is 2.20 bits per heavy atom. The largest absolute Gasteiger partial charge is 0.493 e. The number of nitrogens with zero attached hydrogens (tertiary/aromatic N) is 2. The van der Waals surface area contributed by atoms with E-state index in [2.05, 4.69) is 20.7 Å². The Kier molecular flexibility index (Phi) is 3.58. The molecule has 7 heteroatoms. The topological polar surface area (TPSA) is 85.1 Å². The summed E-state index contributed by atoms with van der Waals surface area (Å²) in [7, 11) is 0. The van der Waals surface area contributed by atoms with Crippen molar-refractivity contribution in [3.8, 4) is 5.75 Å². The monoisotopic (exact) mass is 291 g/mol. The van der Waals surface area contributed by atoms with E-state index < -0.39 is 0 Å². The van der Waals surface area contributed by atoms with Crippen LogP contribution in [0.1, 0.15) is 18.0 Å². The molecule has 1 aliphatic heterocycles. The summed E-state index contributed by atoms with van der Waals surface area (Å²) in [5, 5.41) is 3.77. The lowest BCUT2D eigenvalue weighted by Gasteiger charge is -2.27. The summed E-state index contributed by atoms with van der Waals surface area (Å²) in [5.41, 5.74) is 3.50. The molecule has 0 aliphatic carbocycles. The third-order valence-electron chi connectivity index (χ3n) is 3.14. The summed E-state index contributed by atoms with van der Waals surface area (Å²) in [5.74, 6) is 7.07. The summed E-state index contributed by atoms with van der Waals surface area (Å²) in [4.78, 5) is 8.18. The number of halogens is 1. The first-order chi connectivity index (χ1) is 9.78. The first-order valence-electron chi connectivity index (χ1n) is 6.25. The van der Waals surface area contributed by atoms with Crippen LogP contribution in [0.4, 0.5) is 11.8 Å². The molecule has 1 aromatic heterocycles. The minimum atomic E-state index is 0.0953. The van der Waals surface area contributed by atoms with E-state index in [1.54, 1.807) is 0 Å². The van der Waals surface area contributed by atoms with Gasteiger partial charge < -0.3 is 10.1 Å². The average Bonchev–Trinajstić information content (AvgIpc) is 2.50. The van der Waals surface area contributed by atoms with Crippen LogP contribution >= 0.6 is 11.6 Å². The third-order valence-corrected chi connectivity index (χ3v) is 3.42.